The third kappa shape index (κ3) is 2.76. The van der Waals surface area contributed by atoms with Crippen molar-refractivity contribution >= 4 is 12.1 Å². The van der Waals surface area contributed by atoms with Crippen LogP contribution in [0.4, 0.5) is 4.79 Å². The lowest BCUT2D eigenvalue weighted by Gasteiger charge is -2.08. The molecule has 5 nitrogen and oxygen atoms in total. The smallest absolute Gasteiger partial charge is 0.407 e. The molecule has 1 aliphatic heterocycles. The Labute approximate surface area is 82.0 Å². The van der Waals surface area contributed by atoms with Crippen LogP contribution >= 0.6 is 0 Å². The van der Waals surface area contributed by atoms with Crippen molar-refractivity contribution in [2.75, 3.05) is 19.7 Å². The van der Waals surface area contributed by atoms with Crippen LogP contribution in [0.2, 0.25) is 0 Å². The van der Waals surface area contributed by atoms with Gasteiger partial charge in [-0.2, -0.15) is 0 Å². The second-order valence-electron chi connectivity index (χ2n) is 3.01. The molecule has 0 unspecified atom stereocenters. The number of amides is 1. The number of likely N-dealkylation sites (tertiary alicyclic amines) is 1. The van der Waals surface area contributed by atoms with Gasteiger partial charge in [0.1, 0.15) is 0 Å². The average molecular weight is 199 g/mol. The van der Waals surface area contributed by atoms with Gasteiger partial charge in [0.15, 0.2) is 0 Å². The van der Waals surface area contributed by atoms with E-state index in [9.17, 15) is 9.59 Å². The molecule has 0 saturated carbocycles. The Bertz CT molecular complexity index is 272. The number of carbonyl (C=O) groups excluding carboxylic acids is 1. The number of esters is 1. The van der Waals surface area contributed by atoms with Gasteiger partial charge in [0.05, 0.1) is 6.61 Å². The van der Waals surface area contributed by atoms with Crippen molar-refractivity contribution in [2.45, 2.75) is 13.3 Å². The standard InChI is InChI=1S/C9H13NO4/c1-2-14-8(11)5-7-3-4-10(6-7)9(12)13/h5H,2-4,6H2,1H3,(H,12,13). The van der Waals surface area contributed by atoms with Gasteiger partial charge in [-0.3, -0.25) is 0 Å². The van der Waals surface area contributed by atoms with Crippen LogP contribution in [0.5, 0.6) is 0 Å². The van der Waals surface area contributed by atoms with Crippen LogP contribution in [0, 0.1) is 0 Å². The Kier molecular flexibility index (Phi) is 3.50. The Balaban J connectivity index is 2.48. The van der Waals surface area contributed by atoms with Gasteiger partial charge in [0, 0.05) is 19.2 Å². The molecule has 1 saturated heterocycles. The lowest BCUT2D eigenvalue weighted by Crippen LogP contribution is -2.25. The zero-order valence-electron chi connectivity index (χ0n) is 8.02. The highest BCUT2D eigenvalue weighted by atomic mass is 16.5. The predicted molar refractivity (Wildman–Crippen MR) is 48.9 cm³/mol. The lowest BCUT2D eigenvalue weighted by atomic mass is 10.2. The highest BCUT2D eigenvalue weighted by Crippen LogP contribution is 2.14. The van der Waals surface area contributed by atoms with Crippen molar-refractivity contribution in [2.24, 2.45) is 0 Å². The molecule has 1 rings (SSSR count). The van der Waals surface area contributed by atoms with E-state index in [1.807, 2.05) is 0 Å². The largest absolute Gasteiger partial charge is 0.465 e. The highest BCUT2D eigenvalue weighted by molar-refractivity contribution is 5.83. The van der Waals surface area contributed by atoms with Gasteiger partial charge in [-0.25, -0.2) is 9.59 Å². The number of carbonyl (C=O) groups is 2. The van der Waals surface area contributed by atoms with Crippen LogP contribution in [0.1, 0.15) is 13.3 Å². The number of nitrogens with zero attached hydrogens (tertiary/aromatic N) is 1. The van der Waals surface area contributed by atoms with E-state index < -0.39 is 12.1 Å². The van der Waals surface area contributed by atoms with Gasteiger partial charge in [0.2, 0.25) is 0 Å². The van der Waals surface area contributed by atoms with Gasteiger partial charge in [-0.15, -0.1) is 0 Å². The first-order valence-corrected chi connectivity index (χ1v) is 4.47. The molecule has 1 aliphatic rings. The van der Waals surface area contributed by atoms with Gasteiger partial charge < -0.3 is 14.7 Å². The minimum absolute atomic E-state index is 0.314. The van der Waals surface area contributed by atoms with Gasteiger partial charge in [-0.1, -0.05) is 0 Å². The number of hydrogen-bond donors (Lipinski definition) is 1. The number of hydrogen-bond acceptors (Lipinski definition) is 3. The molecule has 1 amide bonds. The van der Waals surface area contributed by atoms with Gasteiger partial charge in [0.25, 0.3) is 0 Å². The van der Waals surface area contributed by atoms with E-state index in [-0.39, 0.29) is 0 Å². The molecule has 14 heavy (non-hydrogen) atoms. The van der Waals surface area contributed by atoms with E-state index in [1.165, 1.54) is 11.0 Å². The van der Waals surface area contributed by atoms with Crippen molar-refractivity contribution < 1.29 is 19.4 Å². The van der Waals surface area contributed by atoms with E-state index in [1.54, 1.807) is 6.92 Å². The summed E-state index contributed by atoms with van der Waals surface area (Å²) < 4.78 is 4.72. The number of carboxylic acid groups (broad SMARTS) is 1. The Morgan fingerprint density at radius 2 is 2.36 bits per heavy atom. The second-order valence-corrected chi connectivity index (χ2v) is 3.01. The molecule has 1 fully saturated rings. The fourth-order valence-electron chi connectivity index (χ4n) is 1.31. The van der Waals surface area contributed by atoms with Crippen LogP contribution in [0.3, 0.4) is 0 Å². The Hall–Kier alpha value is -1.52. The minimum Gasteiger partial charge on any atom is -0.465 e. The molecule has 0 aromatic carbocycles. The van der Waals surface area contributed by atoms with E-state index in [0.717, 1.165) is 5.57 Å². The summed E-state index contributed by atoms with van der Waals surface area (Å²) in [6.07, 6.45) is 1.05. The highest BCUT2D eigenvalue weighted by Gasteiger charge is 2.21. The van der Waals surface area contributed by atoms with Crippen molar-refractivity contribution in [1.29, 1.82) is 0 Å². The molecule has 1 heterocycles. The average Bonchev–Trinajstić information content (AvgIpc) is 2.53. The molecule has 5 heteroatoms. The number of ether oxygens (including phenoxy) is 1. The third-order valence-electron chi connectivity index (χ3n) is 1.98. The van der Waals surface area contributed by atoms with E-state index in [4.69, 9.17) is 9.84 Å². The van der Waals surface area contributed by atoms with E-state index in [2.05, 4.69) is 0 Å². The maximum absolute atomic E-state index is 11.0. The first-order chi connectivity index (χ1) is 6.63. The summed E-state index contributed by atoms with van der Waals surface area (Å²) in [4.78, 5) is 22.8. The normalized spacial score (nSPS) is 18.6. The number of rotatable bonds is 2. The monoisotopic (exact) mass is 199 g/mol. The molecule has 0 bridgehead atoms. The molecule has 0 atom stereocenters. The molecule has 0 spiro atoms. The molecular formula is C9H13NO4. The SMILES string of the molecule is CCOC(=O)C=C1CCN(C(=O)O)C1. The Morgan fingerprint density at radius 3 is 2.86 bits per heavy atom. The van der Waals surface area contributed by atoms with Crippen molar-refractivity contribution in [3.8, 4) is 0 Å². The summed E-state index contributed by atoms with van der Waals surface area (Å²) in [5.74, 6) is -0.394. The van der Waals surface area contributed by atoms with Crippen LogP contribution in [0.15, 0.2) is 11.6 Å². The van der Waals surface area contributed by atoms with E-state index in [0.29, 0.717) is 26.1 Å². The zero-order chi connectivity index (χ0) is 10.6. The third-order valence-corrected chi connectivity index (χ3v) is 1.98. The first-order valence-electron chi connectivity index (χ1n) is 4.47. The summed E-state index contributed by atoms with van der Waals surface area (Å²) in [7, 11) is 0. The summed E-state index contributed by atoms with van der Waals surface area (Å²) in [6, 6.07) is 0. The molecule has 0 radical (unpaired) electrons. The summed E-state index contributed by atoms with van der Waals surface area (Å²) in [5, 5.41) is 8.65. The van der Waals surface area contributed by atoms with Crippen molar-refractivity contribution in [1.82, 2.24) is 4.90 Å². The maximum Gasteiger partial charge on any atom is 0.407 e. The lowest BCUT2D eigenvalue weighted by molar-refractivity contribution is -0.137. The molecule has 0 aliphatic carbocycles. The van der Waals surface area contributed by atoms with Crippen LogP contribution < -0.4 is 0 Å². The van der Waals surface area contributed by atoms with Gasteiger partial charge >= 0.3 is 12.1 Å². The maximum atomic E-state index is 11.0. The van der Waals surface area contributed by atoms with Crippen LogP contribution in [-0.4, -0.2) is 41.8 Å². The molecule has 0 aromatic rings. The zero-order valence-corrected chi connectivity index (χ0v) is 8.02. The van der Waals surface area contributed by atoms with Gasteiger partial charge in [-0.05, 0) is 18.9 Å². The van der Waals surface area contributed by atoms with E-state index >= 15 is 0 Å². The predicted octanol–water partition coefficient (Wildman–Crippen LogP) is 0.860. The summed E-state index contributed by atoms with van der Waals surface area (Å²) >= 11 is 0. The van der Waals surface area contributed by atoms with Crippen molar-refractivity contribution in [3.05, 3.63) is 11.6 Å². The first kappa shape index (κ1) is 10.6. The molecule has 0 aromatic heterocycles. The topological polar surface area (TPSA) is 66.8 Å². The fourth-order valence-corrected chi connectivity index (χ4v) is 1.31. The van der Waals surface area contributed by atoms with Crippen LogP contribution in [0.25, 0.3) is 0 Å². The summed E-state index contributed by atoms with van der Waals surface area (Å²) in [5.41, 5.74) is 0.811. The Morgan fingerprint density at radius 1 is 1.64 bits per heavy atom. The molecular weight excluding hydrogens is 186 g/mol. The summed E-state index contributed by atoms with van der Waals surface area (Å²) in [6.45, 7) is 2.84. The van der Waals surface area contributed by atoms with Crippen LogP contribution in [-0.2, 0) is 9.53 Å². The fraction of sp³-hybridized carbons (Fsp3) is 0.556. The molecule has 1 N–H and O–H groups in total. The van der Waals surface area contributed by atoms with Crippen molar-refractivity contribution in [3.63, 3.8) is 0 Å². The quantitative estimate of drug-likeness (QED) is 0.529. The molecule has 78 valence electrons. The second kappa shape index (κ2) is 4.64. The minimum atomic E-state index is -0.947.